The normalized spacial score (nSPS) is 22.4. The maximum absolute atomic E-state index is 14.0. The van der Waals surface area contributed by atoms with Gasteiger partial charge in [-0.2, -0.15) is 13.2 Å². The van der Waals surface area contributed by atoms with Crippen molar-refractivity contribution in [1.82, 2.24) is 10.2 Å². The van der Waals surface area contributed by atoms with Gasteiger partial charge in [0.15, 0.2) is 0 Å². The molecule has 0 spiro atoms. The average molecular weight is 565 g/mol. The first kappa shape index (κ1) is 31.4. The number of hydrogen-bond acceptors (Lipinski definition) is 5. The minimum atomic E-state index is -4.54. The summed E-state index contributed by atoms with van der Waals surface area (Å²) in [5.74, 6) is -2.18. The van der Waals surface area contributed by atoms with Crippen LogP contribution in [0.2, 0.25) is 0 Å². The van der Waals surface area contributed by atoms with E-state index in [1.54, 1.807) is 12.1 Å². The van der Waals surface area contributed by atoms with E-state index in [9.17, 15) is 27.9 Å². The fraction of sp³-hybridized carbons (Fsp3) is 0.533. The fourth-order valence-electron chi connectivity index (χ4n) is 5.85. The Morgan fingerprint density at radius 1 is 1.05 bits per heavy atom. The molecule has 10 heteroatoms. The number of methoxy groups -OCH3 is 2. The number of halogens is 3. The molecular formula is C30H39F3N2O5. The number of carbonyl (C=O) groups excluding carboxylic acids is 1. The zero-order chi connectivity index (χ0) is 30.0. The minimum Gasteiger partial charge on any atom is -0.496 e. The fourth-order valence-corrected chi connectivity index (χ4v) is 5.85. The van der Waals surface area contributed by atoms with Gasteiger partial charge in [0.05, 0.1) is 18.7 Å². The Labute approximate surface area is 233 Å². The highest BCUT2D eigenvalue weighted by molar-refractivity contribution is 5.88. The van der Waals surface area contributed by atoms with Gasteiger partial charge < -0.3 is 24.8 Å². The van der Waals surface area contributed by atoms with E-state index in [0.29, 0.717) is 5.56 Å². The number of carbonyl (C=O) groups is 2. The van der Waals surface area contributed by atoms with E-state index in [1.807, 2.05) is 52.8 Å². The number of hydrogen-bond donors (Lipinski definition) is 2. The zero-order valence-corrected chi connectivity index (χ0v) is 24.0. The van der Waals surface area contributed by atoms with Gasteiger partial charge in [0.1, 0.15) is 17.9 Å². The number of aliphatic carboxylic acids is 1. The van der Waals surface area contributed by atoms with E-state index in [0.717, 1.165) is 12.1 Å². The van der Waals surface area contributed by atoms with Gasteiger partial charge in [-0.3, -0.25) is 4.79 Å². The molecule has 1 aliphatic rings. The Kier molecular flexibility index (Phi) is 9.57. The van der Waals surface area contributed by atoms with Gasteiger partial charge in [-0.15, -0.1) is 0 Å². The van der Waals surface area contributed by atoms with Gasteiger partial charge in [-0.25, -0.2) is 4.79 Å². The number of rotatable bonds is 9. The van der Waals surface area contributed by atoms with Gasteiger partial charge in [0.2, 0.25) is 0 Å². The first-order valence-corrected chi connectivity index (χ1v) is 13.2. The van der Waals surface area contributed by atoms with E-state index in [4.69, 9.17) is 9.47 Å². The van der Waals surface area contributed by atoms with Crippen LogP contribution in [0.5, 0.6) is 5.75 Å². The molecule has 0 saturated carbocycles. The van der Waals surface area contributed by atoms with Crippen molar-refractivity contribution < 1.29 is 37.3 Å². The molecule has 0 aromatic heterocycles. The van der Waals surface area contributed by atoms with Crippen molar-refractivity contribution in [1.29, 1.82) is 0 Å². The molecule has 2 N–H and O–H groups in total. The number of ether oxygens (including phenoxy) is 2. The van der Waals surface area contributed by atoms with Crippen molar-refractivity contribution >= 4 is 11.9 Å². The first-order chi connectivity index (χ1) is 18.6. The summed E-state index contributed by atoms with van der Waals surface area (Å²) < 4.78 is 51.4. The number of nitrogens with zero attached hydrogens (tertiary/aromatic N) is 1. The van der Waals surface area contributed by atoms with Crippen LogP contribution in [0.4, 0.5) is 13.2 Å². The van der Waals surface area contributed by atoms with Crippen LogP contribution in [0.15, 0.2) is 48.5 Å². The summed E-state index contributed by atoms with van der Waals surface area (Å²) in [5.41, 5.74) is -0.448. The summed E-state index contributed by atoms with van der Waals surface area (Å²) in [6.45, 7) is 9.32. The molecule has 1 saturated heterocycles. The molecule has 0 bridgehead atoms. The molecule has 220 valence electrons. The number of nitrogens with one attached hydrogen (secondary N) is 1. The predicted molar refractivity (Wildman–Crippen MR) is 145 cm³/mol. The van der Waals surface area contributed by atoms with Crippen LogP contribution < -0.4 is 10.1 Å². The second kappa shape index (κ2) is 12.2. The average Bonchev–Trinajstić information content (AvgIpc) is 3.23. The lowest BCUT2D eigenvalue weighted by molar-refractivity contribution is -0.158. The summed E-state index contributed by atoms with van der Waals surface area (Å²) in [5, 5.41) is 13.9. The van der Waals surface area contributed by atoms with Crippen molar-refractivity contribution in [3.8, 4) is 5.75 Å². The predicted octanol–water partition coefficient (Wildman–Crippen LogP) is 5.54. The summed E-state index contributed by atoms with van der Waals surface area (Å²) >= 11 is 0. The number of benzene rings is 2. The topological polar surface area (TPSA) is 88.1 Å². The molecule has 0 aliphatic carbocycles. The lowest BCUT2D eigenvalue weighted by Gasteiger charge is -2.35. The molecule has 1 aliphatic heterocycles. The summed E-state index contributed by atoms with van der Waals surface area (Å²) in [6.07, 6.45) is -5.42. The van der Waals surface area contributed by atoms with Crippen LogP contribution in [0.1, 0.15) is 57.4 Å². The summed E-state index contributed by atoms with van der Waals surface area (Å²) in [7, 11) is 2.80. The second-order valence-electron chi connectivity index (χ2n) is 11.6. The van der Waals surface area contributed by atoms with Crippen LogP contribution >= 0.6 is 0 Å². The van der Waals surface area contributed by atoms with Crippen LogP contribution in [-0.2, 0) is 27.0 Å². The van der Waals surface area contributed by atoms with Crippen molar-refractivity contribution in [3.63, 3.8) is 0 Å². The largest absolute Gasteiger partial charge is 0.496 e. The molecule has 1 fully saturated rings. The van der Waals surface area contributed by atoms with Gasteiger partial charge in [0, 0.05) is 31.2 Å². The number of likely N-dealkylation sites (tertiary alicyclic amines) is 1. The van der Waals surface area contributed by atoms with Crippen molar-refractivity contribution in [2.24, 2.45) is 17.3 Å². The van der Waals surface area contributed by atoms with Gasteiger partial charge >= 0.3 is 12.1 Å². The van der Waals surface area contributed by atoms with E-state index in [2.05, 4.69) is 5.32 Å². The Morgan fingerprint density at radius 2 is 1.68 bits per heavy atom. The van der Waals surface area contributed by atoms with Gasteiger partial charge in [-0.1, -0.05) is 65.0 Å². The molecule has 2 aromatic carbocycles. The van der Waals surface area contributed by atoms with Crippen molar-refractivity contribution in [2.45, 2.75) is 71.6 Å². The molecule has 5 atom stereocenters. The Bertz CT molecular complexity index is 1180. The number of alkyl halides is 3. The second-order valence-corrected chi connectivity index (χ2v) is 11.6. The molecule has 2 aromatic rings. The molecule has 40 heavy (non-hydrogen) atoms. The Morgan fingerprint density at radius 3 is 2.15 bits per heavy atom. The van der Waals surface area contributed by atoms with Crippen molar-refractivity contribution in [3.05, 3.63) is 65.2 Å². The third-order valence-electron chi connectivity index (χ3n) is 7.55. The van der Waals surface area contributed by atoms with Crippen LogP contribution in [0, 0.1) is 17.3 Å². The molecule has 7 nitrogen and oxygen atoms in total. The molecule has 0 radical (unpaired) electrons. The Hall–Kier alpha value is -3.11. The third kappa shape index (κ3) is 6.44. The maximum atomic E-state index is 14.0. The van der Waals surface area contributed by atoms with E-state index in [1.165, 1.54) is 25.2 Å². The SMILES string of the molecule is COc1ccc(C(F)(F)F)cc1CN[C@H]1[C@H](C(C)(C)C)[C@@H](C(=O)O)N(C(=O)C(OC)C(C)C)[C@H]1c1ccccc1. The lowest BCUT2D eigenvalue weighted by atomic mass is 9.72. The summed E-state index contributed by atoms with van der Waals surface area (Å²) in [4.78, 5) is 28.3. The lowest BCUT2D eigenvalue weighted by Crippen LogP contribution is -2.51. The molecule has 1 amide bonds. The van der Waals surface area contributed by atoms with Crippen LogP contribution in [-0.4, -0.2) is 54.3 Å². The molecule has 1 heterocycles. The Balaban J connectivity index is 2.18. The van der Waals surface area contributed by atoms with Crippen molar-refractivity contribution in [2.75, 3.05) is 14.2 Å². The maximum Gasteiger partial charge on any atom is 0.416 e. The molecule has 1 unspecified atom stereocenters. The number of amides is 1. The monoisotopic (exact) mass is 564 g/mol. The quantitative estimate of drug-likeness (QED) is 0.416. The van der Waals surface area contributed by atoms with Crippen LogP contribution in [0.25, 0.3) is 0 Å². The van der Waals surface area contributed by atoms with E-state index >= 15 is 0 Å². The van der Waals surface area contributed by atoms with Gasteiger partial charge in [-0.05, 0) is 35.1 Å². The highest BCUT2D eigenvalue weighted by Crippen LogP contribution is 2.49. The third-order valence-corrected chi connectivity index (χ3v) is 7.55. The first-order valence-electron chi connectivity index (χ1n) is 13.2. The molecule has 3 rings (SSSR count). The van der Waals surface area contributed by atoms with Gasteiger partial charge in [0.25, 0.3) is 5.91 Å². The zero-order valence-electron chi connectivity index (χ0n) is 24.0. The minimum absolute atomic E-state index is 0.0417. The number of carboxylic acids is 1. The highest BCUT2D eigenvalue weighted by atomic mass is 19.4. The van der Waals surface area contributed by atoms with Crippen LogP contribution in [0.3, 0.4) is 0 Å². The molecular weight excluding hydrogens is 525 g/mol. The smallest absolute Gasteiger partial charge is 0.416 e. The van der Waals surface area contributed by atoms with E-state index < -0.39 is 59.2 Å². The summed E-state index contributed by atoms with van der Waals surface area (Å²) in [6, 6.07) is 9.77. The highest BCUT2D eigenvalue weighted by Gasteiger charge is 2.58. The number of carboxylic acid groups (broad SMARTS) is 1. The standard InChI is InChI=1S/C30H39F3N2O5/c1-17(2)26(40-7)27(36)35-24(18-11-9-8-10-12-18)23(22(29(3,4)5)25(35)28(37)38)34-16-19-15-20(30(31,32)33)13-14-21(19)39-6/h8-15,17,22-26,34H,16H2,1-7H3,(H,37,38)/t22-,23-,24-,25-,26?/m0/s1. The van der Waals surface area contributed by atoms with E-state index in [-0.39, 0.29) is 23.8 Å².